The molecule has 0 aliphatic carbocycles. The first-order chi connectivity index (χ1) is 10.2. The fraction of sp³-hybridized carbons (Fsp3) is 0. The molecular formula is C16H8BrClN2O. The van der Waals surface area contributed by atoms with Crippen LogP contribution in [0.1, 0.15) is 0 Å². The minimum Gasteiger partial charge on any atom is -0.418 e. The van der Waals surface area contributed by atoms with E-state index in [9.17, 15) is 0 Å². The van der Waals surface area contributed by atoms with Crippen LogP contribution in [0, 0.1) is 0 Å². The number of oxazole rings is 1. The van der Waals surface area contributed by atoms with Gasteiger partial charge in [-0.1, -0.05) is 51.8 Å². The number of hydrogen-bond donors (Lipinski definition) is 0. The summed E-state index contributed by atoms with van der Waals surface area (Å²) in [5.41, 5.74) is 2.08. The van der Waals surface area contributed by atoms with Gasteiger partial charge in [-0.25, -0.2) is 9.97 Å². The molecule has 0 saturated heterocycles. The highest BCUT2D eigenvalue weighted by Gasteiger charge is 2.13. The normalized spacial score (nSPS) is 11.3. The third-order valence-corrected chi connectivity index (χ3v) is 4.21. The van der Waals surface area contributed by atoms with Gasteiger partial charge in [-0.2, -0.15) is 0 Å². The van der Waals surface area contributed by atoms with E-state index in [1.165, 1.54) is 0 Å². The molecule has 0 aliphatic heterocycles. The highest BCUT2D eigenvalue weighted by molar-refractivity contribution is 9.10. The van der Waals surface area contributed by atoms with E-state index in [1.807, 2.05) is 30.3 Å². The van der Waals surface area contributed by atoms with Gasteiger partial charge in [0.2, 0.25) is 11.6 Å². The summed E-state index contributed by atoms with van der Waals surface area (Å²) in [6.45, 7) is 0. The molecule has 2 heterocycles. The Kier molecular flexibility index (Phi) is 2.94. The second kappa shape index (κ2) is 4.83. The third kappa shape index (κ3) is 2.11. The van der Waals surface area contributed by atoms with Crippen LogP contribution >= 0.6 is 27.5 Å². The Labute approximate surface area is 133 Å². The lowest BCUT2D eigenvalue weighted by atomic mass is 10.0. The van der Waals surface area contributed by atoms with E-state index in [0.717, 1.165) is 20.8 Å². The van der Waals surface area contributed by atoms with E-state index in [1.54, 1.807) is 12.3 Å². The van der Waals surface area contributed by atoms with Crippen LogP contribution in [0.25, 0.3) is 33.5 Å². The van der Waals surface area contributed by atoms with Gasteiger partial charge >= 0.3 is 0 Å². The van der Waals surface area contributed by atoms with Gasteiger partial charge in [0.25, 0.3) is 0 Å². The predicted molar refractivity (Wildman–Crippen MR) is 87.5 cm³/mol. The van der Waals surface area contributed by atoms with Crippen molar-refractivity contribution in [3.63, 3.8) is 0 Å². The van der Waals surface area contributed by atoms with Crippen LogP contribution < -0.4 is 0 Å². The van der Waals surface area contributed by atoms with E-state index in [-0.39, 0.29) is 0 Å². The zero-order valence-electron chi connectivity index (χ0n) is 10.7. The molecule has 0 radical (unpaired) electrons. The molecule has 102 valence electrons. The molecule has 4 aromatic rings. The van der Waals surface area contributed by atoms with Crippen molar-refractivity contribution in [3.8, 4) is 11.5 Å². The molecular weight excluding hydrogens is 352 g/mol. The van der Waals surface area contributed by atoms with Crippen LogP contribution in [0.5, 0.6) is 0 Å². The maximum atomic E-state index is 5.94. The molecule has 0 unspecified atom stereocenters. The minimum atomic E-state index is 0.487. The largest absolute Gasteiger partial charge is 0.418 e. The number of nitrogens with zero attached hydrogens (tertiary/aromatic N) is 2. The molecule has 3 nitrogen and oxygen atoms in total. The third-order valence-electron chi connectivity index (χ3n) is 3.31. The van der Waals surface area contributed by atoms with Crippen LogP contribution in [0.4, 0.5) is 0 Å². The fourth-order valence-electron chi connectivity index (χ4n) is 2.37. The van der Waals surface area contributed by atoms with Crippen molar-refractivity contribution in [1.29, 1.82) is 0 Å². The fourth-order valence-corrected chi connectivity index (χ4v) is 3.02. The topological polar surface area (TPSA) is 38.9 Å². The average molecular weight is 360 g/mol. The molecule has 0 saturated carbocycles. The monoisotopic (exact) mass is 358 g/mol. The zero-order valence-corrected chi connectivity index (χ0v) is 13.0. The highest BCUT2D eigenvalue weighted by atomic mass is 79.9. The molecule has 21 heavy (non-hydrogen) atoms. The maximum Gasteiger partial charge on any atom is 0.247 e. The summed E-state index contributed by atoms with van der Waals surface area (Å²) in [4.78, 5) is 8.65. The van der Waals surface area contributed by atoms with Crippen LogP contribution in [0.2, 0.25) is 5.02 Å². The van der Waals surface area contributed by atoms with Gasteiger partial charge in [-0.3, -0.25) is 0 Å². The average Bonchev–Trinajstić information content (AvgIpc) is 2.90. The Morgan fingerprint density at radius 3 is 2.76 bits per heavy atom. The molecule has 0 spiro atoms. The number of aromatic nitrogens is 2. The van der Waals surface area contributed by atoms with Crippen LogP contribution in [0.15, 0.2) is 57.6 Å². The second-order valence-corrected chi connectivity index (χ2v) is 5.93. The number of halogens is 2. The number of hydrogen-bond acceptors (Lipinski definition) is 3. The summed E-state index contributed by atoms with van der Waals surface area (Å²) in [5, 5.41) is 2.73. The van der Waals surface area contributed by atoms with E-state index in [2.05, 4.69) is 32.0 Å². The van der Waals surface area contributed by atoms with Crippen molar-refractivity contribution >= 4 is 49.5 Å². The Hall–Kier alpha value is -1.91. The van der Waals surface area contributed by atoms with Crippen molar-refractivity contribution in [2.45, 2.75) is 0 Å². The summed E-state index contributed by atoms with van der Waals surface area (Å²) in [6, 6.07) is 13.8. The standard InChI is InChI=1S/C16H8BrClN2O/c17-13-6-2-3-10-11(13)4-1-5-12(10)15-20-14-7-9(18)8-19-16(14)21-15/h1-8H. The van der Waals surface area contributed by atoms with Crippen molar-refractivity contribution < 1.29 is 4.42 Å². The lowest BCUT2D eigenvalue weighted by Gasteiger charge is -2.04. The molecule has 2 aromatic carbocycles. The van der Waals surface area contributed by atoms with Crippen molar-refractivity contribution in [1.82, 2.24) is 9.97 Å². The van der Waals surface area contributed by atoms with E-state index < -0.39 is 0 Å². The summed E-state index contributed by atoms with van der Waals surface area (Å²) in [6.07, 6.45) is 1.55. The van der Waals surface area contributed by atoms with Gasteiger partial charge in [0.1, 0.15) is 5.52 Å². The first-order valence-corrected chi connectivity index (χ1v) is 7.49. The zero-order chi connectivity index (χ0) is 14.4. The molecule has 0 bridgehead atoms. The number of benzene rings is 2. The van der Waals surface area contributed by atoms with Crippen LogP contribution in [0.3, 0.4) is 0 Å². The molecule has 0 atom stereocenters. The molecule has 0 N–H and O–H groups in total. The Balaban J connectivity index is 2.02. The minimum absolute atomic E-state index is 0.487. The summed E-state index contributed by atoms with van der Waals surface area (Å²) < 4.78 is 6.80. The Morgan fingerprint density at radius 1 is 1.05 bits per heavy atom. The molecule has 0 fully saturated rings. The van der Waals surface area contributed by atoms with Crippen molar-refractivity contribution in [3.05, 3.63) is 58.2 Å². The molecule has 4 rings (SSSR count). The van der Waals surface area contributed by atoms with E-state index in [0.29, 0.717) is 22.1 Å². The molecule has 0 aliphatic rings. The SMILES string of the molecule is Clc1cnc2oc(-c3cccc4c(Br)cccc34)nc2c1. The number of pyridine rings is 1. The molecule has 0 amide bonds. The van der Waals surface area contributed by atoms with Crippen molar-refractivity contribution in [2.24, 2.45) is 0 Å². The predicted octanol–water partition coefficient (Wildman–Crippen LogP) is 5.46. The first kappa shape index (κ1) is 12.8. The Morgan fingerprint density at radius 2 is 1.86 bits per heavy atom. The summed E-state index contributed by atoms with van der Waals surface area (Å²) in [5.74, 6) is 0.545. The number of fused-ring (bicyclic) bond motifs is 2. The van der Waals surface area contributed by atoms with Gasteiger partial charge in [0.05, 0.1) is 5.02 Å². The summed E-state index contributed by atoms with van der Waals surface area (Å²) in [7, 11) is 0. The van der Waals surface area contributed by atoms with Crippen LogP contribution in [-0.4, -0.2) is 9.97 Å². The van der Waals surface area contributed by atoms with Gasteiger partial charge in [-0.15, -0.1) is 0 Å². The lowest BCUT2D eigenvalue weighted by Crippen LogP contribution is -1.82. The van der Waals surface area contributed by atoms with E-state index in [4.69, 9.17) is 16.0 Å². The second-order valence-electron chi connectivity index (χ2n) is 4.64. The Bertz CT molecular complexity index is 981. The van der Waals surface area contributed by atoms with Gasteiger partial charge in [0, 0.05) is 16.2 Å². The summed E-state index contributed by atoms with van der Waals surface area (Å²) >= 11 is 9.51. The highest BCUT2D eigenvalue weighted by Crippen LogP contribution is 2.33. The lowest BCUT2D eigenvalue weighted by molar-refractivity contribution is 0.608. The first-order valence-electron chi connectivity index (χ1n) is 6.32. The van der Waals surface area contributed by atoms with Crippen molar-refractivity contribution in [2.75, 3.05) is 0 Å². The van der Waals surface area contributed by atoms with Gasteiger partial charge in [-0.05, 0) is 29.0 Å². The maximum absolute atomic E-state index is 5.94. The molecule has 5 heteroatoms. The quantitative estimate of drug-likeness (QED) is 0.453. The smallest absolute Gasteiger partial charge is 0.247 e. The van der Waals surface area contributed by atoms with Gasteiger partial charge in [0.15, 0.2) is 0 Å². The van der Waals surface area contributed by atoms with E-state index >= 15 is 0 Å². The molecule has 2 aromatic heterocycles. The van der Waals surface area contributed by atoms with Gasteiger partial charge < -0.3 is 4.42 Å². The van der Waals surface area contributed by atoms with Crippen LogP contribution in [-0.2, 0) is 0 Å². The number of rotatable bonds is 1.